The average Bonchev–Trinajstić information content (AvgIpc) is 3.07. The van der Waals surface area contributed by atoms with Crippen molar-refractivity contribution in [2.24, 2.45) is 5.41 Å². The smallest absolute Gasteiger partial charge is 0.396 e. The molecule has 0 radical (unpaired) electrons. The van der Waals surface area contributed by atoms with Crippen LogP contribution < -0.4 is 5.32 Å². The van der Waals surface area contributed by atoms with Crippen molar-refractivity contribution in [3.8, 4) is 0 Å². The van der Waals surface area contributed by atoms with E-state index in [0.717, 1.165) is 18.9 Å². The number of aliphatic hydroxyl groups is 1. The molecule has 18 heavy (non-hydrogen) atoms. The van der Waals surface area contributed by atoms with Gasteiger partial charge in [0, 0.05) is 19.3 Å². The minimum Gasteiger partial charge on any atom is -0.396 e. The highest BCUT2D eigenvalue weighted by Gasteiger charge is 2.42. The summed E-state index contributed by atoms with van der Waals surface area (Å²) in [5.74, 6) is -0.130. The van der Waals surface area contributed by atoms with E-state index in [-0.39, 0.29) is 17.8 Å². The van der Waals surface area contributed by atoms with Crippen LogP contribution in [-0.4, -0.2) is 23.2 Å². The van der Waals surface area contributed by atoms with Gasteiger partial charge in [-0.15, -0.1) is 0 Å². The Balaban J connectivity index is 2.06. The molecule has 0 aromatic carbocycles. The molecule has 0 spiro atoms. The summed E-state index contributed by atoms with van der Waals surface area (Å²) in [6.07, 6.45) is -0.564. The number of alkyl halides is 3. The Bertz CT molecular complexity index is 416. The molecule has 1 aromatic heterocycles. The summed E-state index contributed by atoms with van der Waals surface area (Å²) in [5, 5.41) is 11.7. The number of hydrogen-bond acceptors (Lipinski definition) is 3. The molecule has 0 unspecified atom stereocenters. The van der Waals surface area contributed by atoms with Crippen molar-refractivity contribution >= 4 is 5.82 Å². The molecule has 1 saturated carbocycles. The zero-order chi connectivity index (χ0) is 13.2. The fourth-order valence-corrected chi connectivity index (χ4v) is 1.98. The zero-order valence-corrected chi connectivity index (χ0v) is 9.80. The highest BCUT2D eigenvalue weighted by Crippen LogP contribution is 2.48. The topological polar surface area (TPSA) is 45.1 Å². The van der Waals surface area contributed by atoms with Gasteiger partial charge in [-0.05, 0) is 36.8 Å². The van der Waals surface area contributed by atoms with Crippen LogP contribution in [0.25, 0.3) is 0 Å². The number of rotatable bonds is 5. The van der Waals surface area contributed by atoms with E-state index in [1.807, 2.05) is 0 Å². The second kappa shape index (κ2) is 4.76. The maximum atomic E-state index is 12.7. The summed E-state index contributed by atoms with van der Waals surface area (Å²) in [5.41, 5.74) is -0.792. The number of anilines is 1. The molecule has 0 aliphatic heterocycles. The first-order chi connectivity index (χ1) is 8.47. The second-order valence-corrected chi connectivity index (χ2v) is 4.72. The van der Waals surface area contributed by atoms with Crippen LogP contribution in [0.15, 0.2) is 18.3 Å². The van der Waals surface area contributed by atoms with Crippen molar-refractivity contribution in [1.29, 1.82) is 0 Å². The molecule has 1 fully saturated rings. The van der Waals surface area contributed by atoms with Crippen molar-refractivity contribution in [1.82, 2.24) is 4.98 Å². The number of nitrogens with one attached hydrogen (secondary N) is 1. The van der Waals surface area contributed by atoms with E-state index in [0.29, 0.717) is 13.0 Å². The highest BCUT2D eigenvalue weighted by molar-refractivity contribution is 5.45. The van der Waals surface area contributed by atoms with Gasteiger partial charge in [-0.25, -0.2) is 4.98 Å². The van der Waals surface area contributed by atoms with Crippen molar-refractivity contribution in [2.45, 2.75) is 25.4 Å². The van der Waals surface area contributed by atoms with Crippen LogP contribution >= 0.6 is 0 Å². The van der Waals surface area contributed by atoms with Gasteiger partial charge in [0.2, 0.25) is 0 Å². The van der Waals surface area contributed by atoms with Gasteiger partial charge < -0.3 is 10.4 Å². The maximum absolute atomic E-state index is 12.7. The highest BCUT2D eigenvalue weighted by atomic mass is 19.4. The molecule has 0 bridgehead atoms. The van der Waals surface area contributed by atoms with Gasteiger partial charge in [0.05, 0.1) is 5.56 Å². The molecule has 100 valence electrons. The lowest BCUT2D eigenvalue weighted by Crippen LogP contribution is -2.20. The minimum atomic E-state index is -4.40. The van der Waals surface area contributed by atoms with Crippen molar-refractivity contribution in [3.05, 3.63) is 23.9 Å². The van der Waals surface area contributed by atoms with Crippen LogP contribution in [0.5, 0.6) is 0 Å². The molecule has 6 heteroatoms. The SMILES string of the molecule is OCCC1(CNc2ncccc2C(F)(F)F)CC1. The Morgan fingerprint density at radius 2 is 2.11 bits per heavy atom. The molecular formula is C12H15F3N2O. The first-order valence-electron chi connectivity index (χ1n) is 5.84. The molecular weight excluding hydrogens is 245 g/mol. The first-order valence-corrected chi connectivity index (χ1v) is 5.84. The number of pyridine rings is 1. The van der Waals surface area contributed by atoms with E-state index in [2.05, 4.69) is 10.3 Å². The molecule has 2 rings (SSSR count). The summed E-state index contributed by atoms with van der Waals surface area (Å²) < 4.78 is 38.1. The lowest BCUT2D eigenvalue weighted by molar-refractivity contribution is -0.137. The average molecular weight is 260 g/mol. The van der Waals surface area contributed by atoms with Crippen LogP contribution in [0.3, 0.4) is 0 Å². The third kappa shape index (κ3) is 2.93. The molecule has 0 atom stereocenters. The number of aromatic nitrogens is 1. The van der Waals surface area contributed by atoms with E-state index < -0.39 is 11.7 Å². The predicted molar refractivity (Wildman–Crippen MR) is 61.1 cm³/mol. The summed E-state index contributed by atoms with van der Waals surface area (Å²) in [6, 6.07) is 2.29. The van der Waals surface area contributed by atoms with Crippen LogP contribution in [0.1, 0.15) is 24.8 Å². The fourth-order valence-electron chi connectivity index (χ4n) is 1.98. The monoisotopic (exact) mass is 260 g/mol. The van der Waals surface area contributed by atoms with Crippen LogP contribution in [0.2, 0.25) is 0 Å². The Kier molecular flexibility index (Phi) is 3.47. The molecule has 0 saturated heterocycles. The van der Waals surface area contributed by atoms with Gasteiger partial charge in [0.1, 0.15) is 5.82 Å². The first kappa shape index (κ1) is 13.1. The van der Waals surface area contributed by atoms with E-state index >= 15 is 0 Å². The summed E-state index contributed by atoms with van der Waals surface area (Å²) in [4.78, 5) is 3.74. The Morgan fingerprint density at radius 1 is 1.39 bits per heavy atom. The van der Waals surface area contributed by atoms with Crippen LogP contribution in [-0.2, 0) is 6.18 Å². The largest absolute Gasteiger partial charge is 0.419 e. The minimum absolute atomic E-state index is 0.0465. The number of nitrogens with zero attached hydrogens (tertiary/aromatic N) is 1. The lowest BCUT2D eigenvalue weighted by Gasteiger charge is -2.17. The van der Waals surface area contributed by atoms with Gasteiger partial charge in [-0.2, -0.15) is 13.2 Å². The standard InChI is InChI=1S/C12H15F3N2O/c13-12(14,15)9-2-1-6-16-10(9)17-8-11(3-4-11)5-7-18/h1-2,6,18H,3-5,7-8H2,(H,16,17). The summed E-state index contributed by atoms with van der Waals surface area (Å²) in [7, 11) is 0. The molecule has 1 aliphatic carbocycles. The third-order valence-electron chi connectivity index (χ3n) is 3.34. The fraction of sp³-hybridized carbons (Fsp3) is 0.583. The van der Waals surface area contributed by atoms with E-state index in [1.54, 1.807) is 0 Å². The second-order valence-electron chi connectivity index (χ2n) is 4.72. The quantitative estimate of drug-likeness (QED) is 0.855. The van der Waals surface area contributed by atoms with Gasteiger partial charge >= 0.3 is 6.18 Å². The van der Waals surface area contributed by atoms with Gasteiger partial charge in [-0.3, -0.25) is 0 Å². The number of aliphatic hydroxyl groups excluding tert-OH is 1. The van der Waals surface area contributed by atoms with Crippen molar-refractivity contribution in [3.63, 3.8) is 0 Å². The molecule has 1 aromatic rings. The Labute approximate surface area is 103 Å². The lowest BCUT2D eigenvalue weighted by atomic mass is 10.0. The number of halogens is 3. The van der Waals surface area contributed by atoms with Gasteiger partial charge in [0.25, 0.3) is 0 Å². The Hall–Kier alpha value is -1.30. The molecule has 2 N–H and O–H groups in total. The van der Waals surface area contributed by atoms with E-state index in [4.69, 9.17) is 5.11 Å². The molecule has 1 heterocycles. The van der Waals surface area contributed by atoms with Gasteiger partial charge in [-0.1, -0.05) is 0 Å². The van der Waals surface area contributed by atoms with E-state index in [1.165, 1.54) is 12.3 Å². The normalized spacial score (nSPS) is 17.6. The molecule has 0 amide bonds. The van der Waals surface area contributed by atoms with Crippen molar-refractivity contribution < 1.29 is 18.3 Å². The Morgan fingerprint density at radius 3 is 2.67 bits per heavy atom. The maximum Gasteiger partial charge on any atom is 0.419 e. The summed E-state index contributed by atoms with van der Waals surface area (Å²) in [6.45, 7) is 0.490. The third-order valence-corrected chi connectivity index (χ3v) is 3.34. The molecule has 1 aliphatic rings. The van der Waals surface area contributed by atoms with Gasteiger partial charge in [0.15, 0.2) is 0 Å². The molecule has 3 nitrogen and oxygen atoms in total. The van der Waals surface area contributed by atoms with Crippen molar-refractivity contribution in [2.75, 3.05) is 18.5 Å². The van der Waals surface area contributed by atoms with Crippen LogP contribution in [0, 0.1) is 5.41 Å². The number of hydrogen-bond donors (Lipinski definition) is 2. The van der Waals surface area contributed by atoms with Crippen LogP contribution in [0.4, 0.5) is 19.0 Å². The summed E-state index contributed by atoms with van der Waals surface area (Å²) >= 11 is 0. The predicted octanol–water partition coefficient (Wildman–Crippen LogP) is 2.67. The zero-order valence-electron chi connectivity index (χ0n) is 9.80. The van der Waals surface area contributed by atoms with E-state index in [9.17, 15) is 13.2 Å².